The van der Waals surface area contributed by atoms with Gasteiger partial charge in [-0.3, -0.25) is 9.59 Å². The molecule has 0 aromatic carbocycles. The van der Waals surface area contributed by atoms with Gasteiger partial charge in [0.05, 0.1) is 0 Å². The van der Waals surface area contributed by atoms with Gasteiger partial charge in [-0.15, -0.1) is 0 Å². The lowest BCUT2D eigenvalue weighted by Gasteiger charge is -2.35. The topological polar surface area (TPSA) is 129 Å². The monoisotopic (exact) mass is 311 g/mol. The summed E-state index contributed by atoms with van der Waals surface area (Å²) in [6, 6.07) is -1.18. The van der Waals surface area contributed by atoms with E-state index in [0.717, 1.165) is 19.3 Å². The number of amides is 1. The quantitative estimate of drug-likeness (QED) is 0.384. The lowest BCUT2D eigenvalue weighted by Crippen LogP contribution is -2.54. The van der Waals surface area contributed by atoms with E-state index in [1.165, 1.54) is 7.11 Å². The zero-order valence-corrected chi connectivity index (χ0v) is 12.6. The van der Waals surface area contributed by atoms with E-state index < -0.39 is 29.3 Å². The van der Waals surface area contributed by atoms with Gasteiger partial charge in [-0.25, -0.2) is 4.79 Å². The number of ether oxygens (including phenoxy) is 1. The molecule has 1 atom stereocenters. The van der Waals surface area contributed by atoms with Gasteiger partial charge in [0.25, 0.3) is 5.91 Å². The summed E-state index contributed by atoms with van der Waals surface area (Å²) >= 11 is 0. The maximum Gasteiger partial charge on any atom is 0.326 e. The van der Waals surface area contributed by atoms with Crippen molar-refractivity contribution in [2.75, 3.05) is 7.11 Å². The van der Waals surface area contributed by atoms with Gasteiger partial charge in [-0.2, -0.15) is 4.79 Å². The molecular weight excluding hydrogens is 290 g/mol. The second kappa shape index (κ2) is 8.41. The fourth-order valence-electron chi connectivity index (χ4n) is 2.61. The Morgan fingerprint density at radius 2 is 2.00 bits per heavy atom. The predicted molar refractivity (Wildman–Crippen MR) is 76.3 cm³/mol. The Morgan fingerprint density at radius 3 is 2.50 bits per heavy atom. The van der Waals surface area contributed by atoms with Crippen LogP contribution in [0.2, 0.25) is 0 Å². The van der Waals surface area contributed by atoms with E-state index in [4.69, 9.17) is 10.3 Å². The minimum atomic E-state index is -1.22. The van der Waals surface area contributed by atoms with E-state index >= 15 is 0 Å². The van der Waals surface area contributed by atoms with E-state index in [1.807, 2.05) is 0 Å². The molecule has 1 aliphatic carbocycles. The van der Waals surface area contributed by atoms with Gasteiger partial charge in [0.1, 0.15) is 11.6 Å². The summed E-state index contributed by atoms with van der Waals surface area (Å²) < 4.78 is 5.36. The number of carbonyl (C=O) groups is 3. The van der Waals surface area contributed by atoms with Gasteiger partial charge < -0.3 is 20.7 Å². The summed E-state index contributed by atoms with van der Waals surface area (Å²) in [4.78, 5) is 37.4. The summed E-state index contributed by atoms with van der Waals surface area (Å²) in [5, 5.41) is 11.6. The molecule has 1 fully saturated rings. The highest BCUT2D eigenvalue weighted by atomic mass is 16.5. The van der Waals surface area contributed by atoms with Gasteiger partial charge in [0.2, 0.25) is 5.78 Å². The van der Waals surface area contributed by atoms with Crippen molar-refractivity contribution in [3.8, 4) is 0 Å². The highest BCUT2D eigenvalue weighted by Gasteiger charge is 2.41. The SMILES string of the molecule is COC1(C(=O)NC(CCC(=O)C=[N+]=[N-])C(=O)O)CCCCC1. The van der Waals surface area contributed by atoms with Crippen molar-refractivity contribution >= 4 is 23.9 Å². The summed E-state index contributed by atoms with van der Waals surface area (Å²) in [5.41, 5.74) is 7.25. The average molecular weight is 311 g/mol. The number of rotatable bonds is 8. The third-order valence-electron chi connectivity index (χ3n) is 3.95. The fourth-order valence-corrected chi connectivity index (χ4v) is 2.61. The average Bonchev–Trinajstić information content (AvgIpc) is 2.51. The first-order valence-corrected chi connectivity index (χ1v) is 7.24. The van der Waals surface area contributed by atoms with E-state index in [1.54, 1.807) is 0 Å². The number of carbonyl (C=O) groups excluding carboxylic acids is 2. The molecule has 0 radical (unpaired) electrons. The van der Waals surface area contributed by atoms with E-state index in [0.29, 0.717) is 19.1 Å². The molecule has 1 rings (SSSR count). The summed E-state index contributed by atoms with van der Waals surface area (Å²) in [6.07, 6.45) is 4.33. The maximum atomic E-state index is 12.4. The lowest BCUT2D eigenvalue weighted by atomic mass is 9.83. The molecule has 0 heterocycles. The number of aliphatic carboxylic acids is 1. The molecule has 8 heteroatoms. The number of carboxylic acids is 1. The zero-order chi connectivity index (χ0) is 16.6. The number of Topliss-reactive ketones (excluding diaryl/α,β-unsaturated/α-hetero) is 1. The standard InChI is InChI=1S/C14H21N3O5/c1-22-14(7-3-2-4-8-14)13(21)17-11(12(19)20)6-5-10(18)9-16-15/h9,11H,2-8H2,1H3,(H,17,21)(H,19,20). The van der Waals surface area contributed by atoms with E-state index in [-0.39, 0.29) is 12.8 Å². The predicted octanol–water partition coefficient (Wildman–Crippen LogP) is 0.555. The molecule has 2 N–H and O–H groups in total. The number of nitrogens with zero attached hydrogens (tertiary/aromatic N) is 2. The number of hydrogen-bond acceptors (Lipinski definition) is 4. The van der Waals surface area contributed by atoms with Crippen molar-refractivity contribution in [3.05, 3.63) is 5.53 Å². The molecule has 0 aromatic heterocycles. The van der Waals surface area contributed by atoms with E-state index in [2.05, 4.69) is 10.1 Å². The number of methoxy groups -OCH3 is 1. The van der Waals surface area contributed by atoms with Gasteiger partial charge in [-0.05, 0) is 19.3 Å². The Kier molecular flexibility index (Phi) is 6.88. The molecule has 1 unspecified atom stereocenters. The smallest absolute Gasteiger partial charge is 0.326 e. The molecule has 122 valence electrons. The number of nitrogens with one attached hydrogen (secondary N) is 1. The van der Waals surface area contributed by atoms with Crippen LogP contribution in [0.5, 0.6) is 0 Å². The molecule has 0 aromatic rings. The number of ketones is 1. The van der Waals surface area contributed by atoms with Crippen LogP contribution in [0, 0.1) is 0 Å². The number of hydrogen-bond donors (Lipinski definition) is 2. The van der Waals surface area contributed by atoms with Crippen molar-refractivity contribution in [1.29, 1.82) is 0 Å². The van der Waals surface area contributed by atoms with Crippen LogP contribution in [0.1, 0.15) is 44.9 Å². The Morgan fingerprint density at radius 1 is 1.36 bits per heavy atom. The highest BCUT2D eigenvalue weighted by molar-refractivity contribution is 6.25. The van der Waals surface area contributed by atoms with Crippen LogP contribution in [0.15, 0.2) is 0 Å². The highest BCUT2D eigenvalue weighted by Crippen LogP contribution is 2.31. The summed E-state index contributed by atoms with van der Waals surface area (Å²) in [7, 11) is 1.45. The summed E-state index contributed by atoms with van der Waals surface area (Å²) in [6.45, 7) is 0. The van der Waals surface area contributed by atoms with Crippen LogP contribution in [-0.4, -0.2) is 52.5 Å². The van der Waals surface area contributed by atoms with Gasteiger partial charge in [0, 0.05) is 13.5 Å². The van der Waals surface area contributed by atoms with Crippen LogP contribution in [0.4, 0.5) is 0 Å². The van der Waals surface area contributed by atoms with Gasteiger partial charge >= 0.3 is 12.2 Å². The second-order valence-electron chi connectivity index (χ2n) is 5.37. The Bertz CT molecular complexity index is 479. The van der Waals surface area contributed by atoms with Crippen molar-refractivity contribution < 1.29 is 29.0 Å². The van der Waals surface area contributed by atoms with Crippen molar-refractivity contribution in [2.45, 2.75) is 56.6 Å². The first-order valence-electron chi connectivity index (χ1n) is 7.24. The number of carboxylic acid groups (broad SMARTS) is 1. The third-order valence-corrected chi connectivity index (χ3v) is 3.95. The van der Waals surface area contributed by atoms with Crippen molar-refractivity contribution in [2.24, 2.45) is 0 Å². The van der Waals surface area contributed by atoms with Crippen LogP contribution < -0.4 is 5.32 Å². The summed E-state index contributed by atoms with van der Waals surface area (Å²) in [5.74, 6) is -2.18. The normalized spacial score (nSPS) is 17.9. The Labute approximate surface area is 128 Å². The minimum absolute atomic E-state index is 0.0777. The maximum absolute atomic E-state index is 12.4. The second-order valence-corrected chi connectivity index (χ2v) is 5.37. The molecule has 0 spiro atoms. The zero-order valence-electron chi connectivity index (χ0n) is 12.6. The van der Waals surface area contributed by atoms with Crippen LogP contribution in [0.25, 0.3) is 5.53 Å². The van der Waals surface area contributed by atoms with Crippen LogP contribution in [0.3, 0.4) is 0 Å². The minimum Gasteiger partial charge on any atom is -0.480 e. The molecule has 0 aliphatic heterocycles. The Balaban J connectivity index is 2.68. The molecule has 0 bridgehead atoms. The van der Waals surface area contributed by atoms with Crippen LogP contribution in [-0.2, 0) is 19.1 Å². The first-order chi connectivity index (χ1) is 10.4. The van der Waals surface area contributed by atoms with Gasteiger partial charge in [0.15, 0.2) is 0 Å². The molecule has 1 amide bonds. The largest absolute Gasteiger partial charge is 0.480 e. The van der Waals surface area contributed by atoms with E-state index in [9.17, 15) is 19.5 Å². The fraction of sp³-hybridized carbons (Fsp3) is 0.714. The van der Waals surface area contributed by atoms with Crippen molar-refractivity contribution in [3.63, 3.8) is 0 Å². The molecular formula is C14H21N3O5. The third kappa shape index (κ3) is 4.75. The lowest BCUT2D eigenvalue weighted by molar-refractivity contribution is -0.152. The van der Waals surface area contributed by atoms with Crippen molar-refractivity contribution in [1.82, 2.24) is 5.32 Å². The molecule has 1 saturated carbocycles. The molecule has 0 saturated heterocycles. The molecule has 1 aliphatic rings. The van der Waals surface area contributed by atoms with Gasteiger partial charge in [-0.1, -0.05) is 19.3 Å². The Hall–Kier alpha value is -2.05. The van der Waals surface area contributed by atoms with Crippen LogP contribution >= 0.6 is 0 Å². The molecule has 8 nitrogen and oxygen atoms in total. The molecule has 22 heavy (non-hydrogen) atoms. The first kappa shape index (κ1) is 18.0.